The number of amides is 1. The second kappa shape index (κ2) is 6.69. The Labute approximate surface area is 134 Å². The molecule has 0 aromatic heterocycles. The minimum Gasteiger partial charge on any atom is -0.496 e. The van der Waals surface area contributed by atoms with E-state index in [1.807, 2.05) is 24.3 Å². The maximum absolute atomic E-state index is 13.4. The van der Waals surface area contributed by atoms with E-state index >= 15 is 0 Å². The lowest BCUT2D eigenvalue weighted by atomic mass is 10.1. The molecule has 2 atom stereocenters. The molecule has 4 nitrogen and oxygen atoms in total. The number of methoxy groups -OCH3 is 1. The van der Waals surface area contributed by atoms with Gasteiger partial charge < -0.3 is 14.8 Å². The molecule has 5 heteroatoms. The van der Waals surface area contributed by atoms with Gasteiger partial charge in [-0.1, -0.05) is 30.3 Å². The summed E-state index contributed by atoms with van der Waals surface area (Å²) in [5, 5.41) is 2.90. The largest absolute Gasteiger partial charge is 0.496 e. The van der Waals surface area contributed by atoms with Gasteiger partial charge in [0.1, 0.15) is 5.75 Å². The van der Waals surface area contributed by atoms with Gasteiger partial charge in [0.2, 0.25) is 0 Å². The van der Waals surface area contributed by atoms with E-state index in [4.69, 9.17) is 9.47 Å². The van der Waals surface area contributed by atoms with Crippen LogP contribution in [0, 0.1) is 5.82 Å². The SMILES string of the molecule is COc1ccccc1[C@H]1C[C@H]1NC(=O)COc1ccccc1F. The van der Waals surface area contributed by atoms with E-state index in [1.54, 1.807) is 19.2 Å². The third-order valence-electron chi connectivity index (χ3n) is 3.87. The van der Waals surface area contributed by atoms with Gasteiger partial charge in [0.15, 0.2) is 18.2 Å². The third-order valence-corrected chi connectivity index (χ3v) is 3.87. The molecular weight excluding hydrogens is 297 g/mol. The highest BCUT2D eigenvalue weighted by molar-refractivity contribution is 5.78. The van der Waals surface area contributed by atoms with Crippen LogP contribution in [-0.2, 0) is 4.79 Å². The Kier molecular flexibility index (Phi) is 4.46. The number of hydrogen-bond acceptors (Lipinski definition) is 3. The highest BCUT2D eigenvalue weighted by Gasteiger charge is 2.41. The van der Waals surface area contributed by atoms with Gasteiger partial charge in [-0.25, -0.2) is 4.39 Å². The monoisotopic (exact) mass is 315 g/mol. The van der Waals surface area contributed by atoms with E-state index in [2.05, 4.69) is 5.32 Å². The molecule has 1 aliphatic rings. The van der Waals surface area contributed by atoms with Crippen molar-refractivity contribution in [3.63, 3.8) is 0 Å². The molecule has 0 bridgehead atoms. The number of ether oxygens (including phenoxy) is 2. The zero-order chi connectivity index (χ0) is 16.2. The van der Waals surface area contributed by atoms with Crippen LogP contribution in [0.5, 0.6) is 11.5 Å². The summed E-state index contributed by atoms with van der Waals surface area (Å²) < 4.78 is 24.0. The van der Waals surface area contributed by atoms with E-state index in [-0.39, 0.29) is 30.2 Å². The van der Waals surface area contributed by atoms with Crippen LogP contribution >= 0.6 is 0 Å². The summed E-state index contributed by atoms with van der Waals surface area (Å²) in [6, 6.07) is 13.9. The molecule has 2 aromatic rings. The van der Waals surface area contributed by atoms with Gasteiger partial charge in [-0.3, -0.25) is 4.79 Å². The summed E-state index contributed by atoms with van der Waals surface area (Å²) in [5.74, 6) is 0.439. The van der Waals surface area contributed by atoms with Crippen LogP contribution in [0.4, 0.5) is 4.39 Å². The van der Waals surface area contributed by atoms with Crippen molar-refractivity contribution in [2.75, 3.05) is 13.7 Å². The van der Waals surface area contributed by atoms with Gasteiger partial charge in [-0.2, -0.15) is 0 Å². The first-order valence-corrected chi connectivity index (χ1v) is 7.48. The Balaban J connectivity index is 1.51. The molecule has 0 saturated heterocycles. The predicted octanol–water partition coefficient (Wildman–Crippen LogP) is 2.89. The molecular formula is C18H18FNO3. The Morgan fingerprint density at radius 3 is 2.61 bits per heavy atom. The fraction of sp³-hybridized carbons (Fsp3) is 0.278. The van der Waals surface area contributed by atoms with Crippen molar-refractivity contribution in [2.45, 2.75) is 18.4 Å². The molecule has 1 amide bonds. The summed E-state index contributed by atoms with van der Waals surface area (Å²) in [7, 11) is 1.64. The van der Waals surface area contributed by atoms with Gasteiger partial charge >= 0.3 is 0 Å². The van der Waals surface area contributed by atoms with Crippen molar-refractivity contribution in [1.29, 1.82) is 0 Å². The van der Waals surface area contributed by atoms with E-state index in [1.165, 1.54) is 12.1 Å². The van der Waals surface area contributed by atoms with Crippen LogP contribution in [0.2, 0.25) is 0 Å². The molecule has 1 fully saturated rings. The van der Waals surface area contributed by atoms with Gasteiger partial charge in [-0.15, -0.1) is 0 Å². The van der Waals surface area contributed by atoms with Crippen LogP contribution in [-0.4, -0.2) is 25.7 Å². The summed E-state index contributed by atoms with van der Waals surface area (Å²) >= 11 is 0. The molecule has 1 aliphatic carbocycles. The zero-order valence-electron chi connectivity index (χ0n) is 12.8. The standard InChI is InChI=1S/C18H18FNO3/c1-22-16-8-4-2-6-12(16)13-10-15(13)20-18(21)11-23-17-9-5-3-7-14(17)19/h2-9,13,15H,10-11H2,1H3,(H,20,21)/t13-,15-/m1/s1. The molecule has 0 heterocycles. The molecule has 3 rings (SSSR count). The molecule has 120 valence electrons. The van der Waals surface area contributed by atoms with Crippen LogP contribution in [0.15, 0.2) is 48.5 Å². The molecule has 23 heavy (non-hydrogen) atoms. The van der Waals surface area contributed by atoms with Crippen molar-refractivity contribution in [3.8, 4) is 11.5 Å². The first kappa shape index (κ1) is 15.3. The van der Waals surface area contributed by atoms with Crippen molar-refractivity contribution in [2.24, 2.45) is 0 Å². The third kappa shape index (κ3) is 3.62. The van der Waals surface area contributed by atoms with Crippen molar-refractivity contribution in [1.82, 2.24) is 5.32 Å². The van der Waals surface area contributed by atoms with Crippen LogP contribution in [0.3, 0.4) is 0 Å². The minimum atomic E-state index is -0.473. The molecule has 0 aliphatic heterocycles. The van der Waals surface area contributed by atoms with Gasteiger partial charge in [-0.05, 0) is 30.2 Å². The van der Waals surface area contributed by atoms with Gasteiger partial charge in [0.05, 0.1) is 7.11 Å². The number of halogens is 1. The maximum atomic E-state index is 13.4. The van der Waals surface area contributed by atoms with Crippen molar-refractivity contribution >= 4 is 5.91 Å². The lowest BCUT2D eigenvalue weighted by molar-refractivity contribution is -0.123. The van der Waals surface area contributed by atoms with Gasteiger partial charge in [0.25, 0.3) is 5.91 Å². The molecule has 0 unspecified atom stereocenters. The number of carbonyl (C=O) groups excluding carboxylic acids is 1. The number of para-hydroxylation sites is 2. The summed E-state index contributed by atoms with van der Waals surface area (Å²) in [6.45, 7) is -0.198. The average Bonchev–Trinajstić information content (AvgIpc) is 3.33. The molecule has 1 N–H and O–H groups in total. The maximum Gasteiger partial charge on any atom is 0.258 e. The minimum absolute atomic E-state index is 0.0722. The lowest BCUT2D eigenvalue weighted by Crippen LogP contribution is -2.31. The van der Waals surface area contributed by atoms with E-state index in [0.29, 0.717) is 0 Å². The van der Waals surface area contributed by atoms with E-state index < -0.39 is 5.82 Å². The van der Waals surface area contributed by atoms with Crippen LogP contribution < -0.4 is 14.8 Å². The van der Waals surface area contributed by atoms with E-state index in [0.717, 1.165) is 17.7 Å². The summed E-state index contributed by atoms with van der Waals surface area (Å²) in [4.78, 5) is 11.9. The second-order valence-electron chi connectivity index (χ2n) is 5.48. The van der Waals surface area contributed by atoms with Crippen molar-refractivity contribution < 1.29 is 18.7 Å². The predicted molar refractivity (Wildman–Crippen MR) is 84.2 cm³/mol. The smallest absolute Gasteiger partial charge is 0.258 e. The quantitative estimate of drug-likeness (QED) is 0.891. The summed E-state index contributed by atoms with van der Waals surface area (Å²) in [5.41, 5.74) is 1.09. The Bertz CT molecular complexity index is 704. The highest BCUT2D eigenvalue weighted by Crippen LogP contribution is 2.44. The first-order valence-electron chi connectivity index (χ1n) is 7.48. The lowest BCUT2D eigenvalue weighted by Gasteiger charge is -2.09. The highest BCUT2D eigenvalue weighted by atomic mass is 19.1. The first-order chi connectivity index (χ1) is 11.2. The fourth-order valence-corrected chi connectivity index (χ4v) is 2.62. The fourth-order valence-electron chi connectivity index (χ4n) is 2.62. The van der Waals surface area contributed by atoms with E-state index in [9.17, 15) is 9.18 Å². The molecule has 1 saturated carbocycles. The molecule has 0 radical (unpaired) electrons. The van der Waals surface area contributed by atoms with Gasteiger partial charge in [0, 0.05) is 12.0 Å². The average molecular weight is 315 g/mol. The number of nitrogens with one attached hydrogen (secondary N) is 1. The number of benzene rings is 2. The number of hydrogen-bond donors (Lipinski definition) is 1. The Hall–Kier alpha value is -2.56. The van der Waals surface area contributed by atoms with Crippen LogP contribution in [0.25, 0.3) is 0 Å². The normalized spacial score (nSPS) is 19.0. The number of rotatable bonds is 6. The Morgan fingerprint density at radius 2 is 1.87 bits per heavy atom. The number of carbonyl (C=O) groups is 1. The Morgan fingerprint density at radius 1 is 1.17 bits per heavy atom. The van der Waals surface area contributed by atoms with Crippen molar-refractivity contribution in [3.05, 3.63) is 59.9 Å². The second-order valence-corrected chi connectivity index (χ2v) is 5.48. The summed E-state index contributed by atoms with van der Waals surface area (Å²) in [6.07, 6.45) is 0.867. The zero-order valence-corrected chi connectivity index (χ0v) is 12.8. The topological polar surface area (TPSA) is 47.6 Å². The molecule has 2 aromatic carbocycles. The molecule has 0 spiro atoms. The van der Waals surface area contributed by atoms with Crippen LogP contribution in [0.1, 0.15) is 17.9 Å².